The van der Waals surface area contributed by atoms with E-state index in [4.69, 9.17) is 4.74 Å². The molecule has 4 rings (SSSR count). The first-order valence-electron chi connectivity index (χ1n) is 10.5. The zero-order valence-corrected chi connectivity index (χ0v) is 20.4. The van der Waals surface area contributed by atoms with Crippen LogP contribution in [0.3, 0.4) is 0 Å². The number of rotatable bonds is 3. The summed E-state index contributed by atoms with van der Waals surface area (Å²) in [6, 6.07) is 10.2. The van der Waals surface area contributed by atoms with Crippen molar-refractivity contribution in [3.63, 3.8) is 0 Å². The molecular formula is C23H33Cl2N5O. The number of hydrogen-bond donors (Lipinski definition) is 0. The van der Waals surface area contributed by atoms with Crippen LogP contribution in [-0.4, -0.2) is 78.8 Å². The molecule has 0 bridgehead atoms. The Bertz CT molecular complexity index is 932. The molecule has 0 radical (unpaired) electrons. The number of fused-ring (bicyclic) bond motifs is 1. The summed E-state index contributed by atoms with van der Waals surface area (Å²) in [6.07, 6.45) is 2.09. The zero-order valence-electron chi connectivity index (χ0n) is 18.7. The molecule has 2 aliphatic heterocycles. The third kappa shape index (κ3) is 5.42. The van der Waals surface area contributed by atoms with Crippen LogP contribution in [-0.2, 0) is 4.74 Å². The van der Waals surface area contributed by atoms with Gasteiger partial charge in [0.1, 0.15) is 6.07 Å². The third-order valence-electron chi connectivity index (χ3n) is 6.39. The summed E-state index contributed by atoms with van der Waals surface area (Å²) in [5.41, 5.74) is 2.74. The third-order valence-corrected chi connectivity index (χ3v) is 6.39. The molecule has 2 saturated heterocycles. The number of nitriles is 1. The fraction of sp³-hybridized carbons (Fsp3) is 0.565. The molecule has 170 valence electrons. The average molecular weight is 466 g/mol. The van der Waals surface area contributed by atoms with E-state index in [1.54, 1.807) is 6.20 Å². The first-order chi connectivity index (χ1) is 13.9. The van der Waals surface area contributed by atoms with Gasteiger partial charge in [0.15, 0.2) is 0 Å². The van der Waals surface area contributed by atoms with Gasteiger partial charge in [-0.15, -0.1) is 24.8 Å². The van der Waals surface area contributed by atoms with E-state index in [1.807, 2.05) is 12.1 Å². The number of aromatic nitrogens is 1. The molecule has 0 aliphatic carbocycles. The van der Waals surface area contributed by atoms with Crippen LogP contribution in [0.5, 0.6) is 0 Å². The number of ether oxygens (including phenoxy) is 1. The smallest absolute Gasteiger partial charge is 0.101 e. The number of anilines is 1. The van der Waals surface area contributed by atoms with Crippen molar-refractivity contribution in [2.24, 2.45) is 0 Å². The molecule has 6 nitrogen and oxygen atoms in total. The fourth-order valence-electron chi connectivity index (χ4n) is 4.65. The lowest BCUT2D eigenvalue weighted by Gasteiger charge is -2.47. The first kappa shape index (κ1) is 25.6. The highest BCUT2D eigenvalue weighted by molar-refractivity contribution is 5.95. The molecule has 2 atom stereocenters. The molecule has 0 amide bonds. The van der Waals surface area contributed by atoms with Crippen molar-refractivity contribution < 1.29 is 4.74 Å². The van der Waals surface area contributed by atoms with E-state index in [0.29, 0.717) is 5.56 Å². The maximum atomic E-state index is 9.43. The van der Waals surface area contributed by atoms with Crippen molar-refractivity contribution in [3.8, 4) is 6.07 Å². The summed E-state index contributed by atoms with van der Waals surface area (Å²) in [5, 5.41) is 10.5. The summed E-state index contributed by atoms with van der Waals surface area (Å²) in [4.78, 5) is 11.9. The molecule has 31 heavy (non-hydrogen) atoms. The summed E-state index contributed by atoms with van der Waals surface area (Å²) in [7, 11) is 2.21. The number of hydrogen-bond acceptors (Lipinski definition) is 6. The van der Waals surface area contributed by atoms with Gasteiger partial charge in [0, 0.05) is 62.1 Å². The van der Waals surface area contributed by atoms with E-state index in [1.165, 1.54) is 0 Å². The summed E-state index contributed by atoms with van der Waals surface area (Å²) in [5.74, 6) is 0. The van der Waals surface area contributed by atoms with Gasteiger partial charge in [-0.2, -0.15) is 5.26 Å². The molecule has 2 fully saturated rings. The van der Waals surface area contributed by atoms with Crippen molar-refractivity contribution >= 4 is 41.4 Å². The van der Waals surface area contributed by atoms with Crippen LogP contribution < -0.4 is 4.90 Å². The number of piperazine rings is 1. The van der Waals surface area contributed by atoms with E-state index in [9.17, 15) is 5.26 Å². The SMILES string of the molecule is C[C@@H]1CN(c2ccc(C#N)c3ncccc23)C[C@@H](CN2CCN(C)C(C)(C)C2)O1.Cl.Cl. The van der Waals surface area contributed by atoms with Gasteiger partial charge in [0.05, 0.1) is 23.3 Å². The minimum atomic E-state index is 0. The Morgan fingerprint density at radius 2 is 1.97 bits per heavy atom. The minimum Gasteiger partial charge on any atom is -0.370 e. The van der Waals surface area contributed by atoms with Crippen LogP contribution in [0.25, 0.3) is 10.9 Å². The van der Waals surface area contributed by atoms with Crippen LogP contribution in [0.4, 0.5) is 5.69 Å². The number of morpholine rings is 1. The average Bonchev–Trinajstić information content (AvgIpc) is 2.69. The van der Waals surface area contributed by atoms with E-state index < -0.39 is 0 Å². The predicted octanol–water partition coefficient (Wildman–Crippen LogP) is 3.57. The molecule has 0 saturated carbocycles. The number of likely N-dealkylation sites (N-methyl/N-ethyl adjacent to an activating group) is 1. The molecular weight excluding hydrogens is 433 g/mol. The van der Waals surface area contributed by atoms with Crippen LogP contribution in [0.2, 0.25) is 0 Å². The number of nitrogens with zero attached hydrogens (tertiary/aromatic N) is 5. The van der Waals surface area contributed by atoms with Gasteiger partial charge in [-0.05, 0) is 52.1 Å². The van der Waals surface area contributed by atoms with Gasteiger partial charge in [-0.1, -0.05) is 0 Å². The Morgan fingerprint density at radius 3 is 2.68 bits per heavy atom. The molecule has 2 aliphatic rings. The predicted molar refractivity (Wildman–Crippen MR) is 131 cm³/mol. The van der Waals surface area contributed by atoms with Crippen molar-refractivity contribution in [2.45, 2.75) is 38.5 Å². The van der Waals surface area contributed by atoms with Crippen LogP contribution in [0, 0.1) is 11.3 Å². The van der Waals surface area contributed by atoms with Crippen LogP contribution in [0.15, 0.2) is 30.5 Å². The van der Waals surface area contributed by atoms with Gasteiger partial charge < -0.3 is 9.64 Å². The summed E-state index contributed by atoms with van der Waals surface area (Å²) < 4.78 is 6.33. The van der Waals surface area contributed by atoms with E-state index in [-0.39, 0.29) is 42.6 Å². The molecule has 3 heterocycles. The Balaban J connectivity index is 0.00000171. The lowest BCUT2D eigenvalue weighted by Crippen LogP contribution is -2.60. The standard InChI is InChI=1S/C23H31N5O.2ClH/c1-17-13-28(21-8-7-18(12-24)22-20(21)6-5-9-25-22)15-19(29-17)14-27-11-10-26(4)23(2,3)16-27;;/h5-9,17,19H,10-11,13-16H2,1-4H3;2*1H/t17-,19-;;/m1../s1. The lowest BCUT2D eigenvalue weighted by atomic mass is 9.99. The number of benzene rings is 1. The van der Waals surface area contributed by atoms with E-state index in [2.05, 4.69) is 65.7 Å². The van der Waals surface area contributed by atoms with Crippen molar-refractivity contribution in [1.82, 2.24) is 14.8 Å². The normalized spacial score (nSPS) is 24.2. The number of halogens is 2. The number of pyridine rings is 1. The molecule has 1 aromatic carbocycles. The second-order valence-corrected chi connectivity index (χ2v) is 9.09. The Kier molecular flexibility index (Phi) is 8.54. The van der Waals surface area contributed by atoms with Crippen LogP contribution >= 0.6 is 24.8 Å². The molecule has 2 aromatic rings. The topological polar surface area (TPSA) is 55.6 Å². The maximum Gasteiger partial charge on any atom is 0.101 e. The highest BCUT2D eigenvalue weighted by Crippen LogP contribution is 2.30. The fourth-order valence-corrected chi connectivity index (χ4v) is 4.65. The molecule has 8 heteroatoms. The van der Waals surface area contributed by atoms with E-state index in [0.717, 1.165) is 55.9 Å². The van der Waals surface area contributed by atoms with Crippen molar-refractivity contribution in [2.75, 3.05) is 51.2 Å². The highest BCUT2D eigenvalue weighted by Gasteiger charge is 2.34. The van der Waals surface area contributed by atoms with Gasteiger partial charge >= 0.3 is 0 Å². The Morgan fingerprint density at radius 1 is 1.19 bits per heavy atom. The first-order valence-corrected chi connectivity index (χ1v) is 10.5. The minimum absolute atomic E-state index is 0. The molecule has 0 unspecified atom stereocenters. The van der Waals surface area contributed by atoms with Gasteiger partial charge in [-0.3, -0.25) is 14.8 Å². The summed E-state index contributed by atoms with van der Waals surface area (Å²) >= 11 is 0. The van der Waals surface area contributed by atoms with Gasteiger partial charge in [0.25, 0.3) is 0 Å². The molecule has 0 N–H and O–H groups in total. The van der Waals surface area contributed by atoms with Gasteiger partial charge in [-0.25, -0.2) is 0 Å². The maximum absolute atomic E-state index is 9.43. The highest BCUT2D eigenvalue weighted by atomic mass is 35.5. The zero-order chi connectivity index (χ0) is 20.6. The Labute approximate surface area is 198 Å². The van der Waals surface area contributed by atoms with Gasteiger partial charge in [0.2, 0.25) is 0 Å². The quantitative estimate of drug-likeness (QED) is 0.690. The van der Waals surface area contributed by atoms with Crippen LogP contribution in [0.1, 0.15) is 26.3 Å². The van der Waals surface area contributed by atoms with Crippen molar-refractivity contribution in [3.05, 3.63) is 36.0 Å². The second kappa shape index (κ2) is 10.3. The largest absolute Gasteiger partial charge is 0.370 e. The van der Waals surface area contributed by atoms with Crippen molar-refractivity contribution in [1.29, 1.82) is 5.26 Å². The van der Waals surface area contributed by atoms with E-state index >= 15 is 0 Å². The lowest BCUT2D eigenvalue weighted by molar-refractivity contribution is -0.0494. The summed E-state index contributed by atoms with van der Waals surface area (Å²) in [6.45, 7) is 12.6. The second-order valence-electron chi connectivity index (χ2n) is 9.09. The Hall–Kier alpha value is -1.62. The monoisotopic (exact) mass is 465 g/mol. The molecule has 0 spiro atoms. The molecule has 1 aromatic heterocycles.